The number of hydrogen-bond acceptors (Lipinski definition) is 7. The highest BCUT2D eigenvalue weighted by atomic mass is 19.1. The van der Waals surface area contributed by atoms with Crippen molar-refractivity contribution in [2.45, 2.75) is 38.8 Å². The first-order valence-corrected chi connectivity index (χ1v) is 10.4. The Morgan fingerprint density at radius 3 is 2.88 bits per heavy atom. The summed E-state index contributed by atoms with van der Waals surface area (Å²) in [6, 6.07) is 6.42. The number of aryl methyl sites for hydroxylation is 1. The Labute approximate surface area is 182 Å². The fraction of sp³-hybridized carbons (Fsp3) is 0.318. The summed E-state index contributed by atoms with van der Waals surface area (Å²) in [5.74, 6) is 0.467. The van der Waals surface area contributed by atoms with Gasteiger partial charge in [0.2, 0.25) is 0 Å². The Morgan fingerprint density at radius 2 is 2.09 bits per heavy atom. The van der Waals surface area contributed by atoms with Crippen molar-refractivity contribution in [1.82, 2.24) is 14.5 Å². The van der Waals surface area contributed by atoms with Crippen LogP contribution in [0.1, 0.15) is 26.2 Å². The van der Waals surface area contributed by atoms with E-state index in [4.69, 9.17) is 30.3 Å². The number of nitrogens with zero attached hydrogens (tertiary/aromatic N) is 3. The molecule has 0 radical (unpaired) electrons. The molecule has 166 valence electrons. The first-order valence-electron chi connectivity index (χ1n) is 10.4. The molecule has 1 amide bonds. The van der Waals surface area contributed by atoms with Crippen LogP contribution in [-0.2, 0) is 11.3 Å². The normalized spacial score (nSPS) is 14.7. The van der Waals surface area contributed by atoms with Crippen LogP contribution in [0.15, 0.2) is 28.7 Å². The maximum Gasteiger partial charge on any atom is 0.293 e. The number of nitrogen functional groups attached to an aromatic ring is 1. The van der Waals surface area contributed by atoms with Gasteiger partial charge in [-0.3, -0.25) is 4.79 Å². The smallest absolute Gasteiger partial charge is 0.293 e. The van der Waals surface area contributed by atoms with E-state index in [0.29, 0.717) is 53.5 Å². The maximum absolute atomic E-state index is 14.7. The first kappa shape index (κ1) is 20.1. The van der Waals surface area contributed by atoms with Gasteiger partial charge in [-0.15, -0.1) is 0 Å². The van der Waals surface area contributed by atoms with Gasteiger partial charge in [-0.2, -0.15) is 4.98 Å². The number of anilines is 1. The fourth-order valence-corrected chi connectivity index (χ4v) is 4.02. The summed E-state index contributed by atoms with van der Waals surface area (Å²) in [5, 5.41) is 0. The van der Waals surface area contributed by atoms with Gasteiger partial charge in [0.1, 0.15) is 28.4 Å². The van der Waals surface area contributed by atoms with Crippen LogP contribution in [0.5, 0.6) is 11.5 Å². The van der Waals surface area contributed by atoms with E-state index >= 15 is 0 Å². The number of hydrogen-bond donors (Lipinski definition) is 2. The Balaban J connectivity index is 1.69. The number of primary amides is 1. The molecule has 9 nitrogen and oxygen atoms in total. The van der Waals surface area contributed by atoms with E-state index in [-0.39, 0.29) is 11.6 Å². The fourth-order valence-electron chi connectivity index (χ4n) is 4.02. The number of imidazole rings is 1. The van der Waals surface area contributed by atoms with Gasteiger partial charge in [0.05, 0.1) is 12.1 Å². The van der Waals surface area contributed by atoms with E-state index < -0.39 is 17.8 Å². The minimum Gasteiger partial charge on any atom is -0.491 e. The lowest BCUT2D eigenvalue weighted by Crippen LogP contribution is -2.32. The second kappa shape index (κ2) is 7.70. The molecule has 0 fully saturated rings. The van der Waals surface area contributed by atoms with Crippen LogP contribution in [0.3, 0.4) is 0 Å². The average Bonchev–Trinajstić information content (AvgIpc) is 3.29. The summed E-state index contributed by atoms with van der Waals surface area (Å²) in [6.45, 7) is 3.05. The van der Waals surface area contributed by atoms with Crippen LogP contribution >= 0.6 is 0 Å². The van der Waals surface area contributed by atoms with Crippen LogP contribution in [0.25, 0.3) is 33.5 Å². The molecule has 1 atom stereocenters. The van der Waals surface area contributed by atoms with Gasteiger partial charge >= 0.3 is 0 Å². The van der Waals surface area contributed by atoms with E-state index in [0.717, 1.165) is 18.4 Å². The van der Waals surface area contributed by atoms with Crippen LogP contribution in [0.4, 0.5) is 10.4 Å². The van der Waals surface area contributed by atoms with Gasteiger partial charge in [0.15, 0.2) is 17.5 Å². The summed E-state index contributed by atoms with van der Waals surface area (Å²) >= 11 is 0. The highest BCUT2D eigenvalue weighted by molar-refractivity contribution is 5.89. The molecule has 2 aromatic heterocycles. The summed E-state index contributed by atoms with van der Waals surface area (Å²) in [5.41, 5.74) is 13.3. The summed E-state index contributed by atoms with van der Waals surface area (Å²) < 4.78 is 33.6. The molecular formula is C22H22FN5O4. The third kappa shape index (κ3) is 3.37. The number of halogens is 1. The van der Waals surface area contributed by atoms with Crippen LogP contribution in [-0.4, -0.2) is 33.2 Å². The number of amides is 1. The zero-order valence-electron chi connectivity index (χ0n) is 17.4. The van der Waals surface area contributed by atoms with Crippen molar-refractivity contribution in [3.63, 3.8) is 0 Å². The molecule has 0 spiro atoms. The molecule has 0 aliphatic carbocycles. The van der Waals surface area contributed by atoms with Gasteiger partial charge in [-0.05, 0) is 31.4 Å². The SMILES string of the molecule is CCC(Oc1cc2c3c(c1)nc(-c1cc(F)c4oc(N)nc4c1)n3CCCCO2)C(N)=O. The largest absolute Gasteiger partial charge is 0.491 e. The number of carbonyl (C=O) groups is 1. The summed E-state index contributed by atoms with van der Waals surface area (Å²) in [6.07, 6.45) is 1.39. The molecule has 1 unspecified atom stereocenters. The van der Waals surface area contributed by atoms with Crippen molar-refractivity contribution in [1.29, 1.82) is 0 Å². The zero-order valence-corrected chi connectivity index (χ0v) is 17.4. The standard InChI is InChI=1S/C22H22FN5O4/c1-2-16(20(24)29)31-12-9-14-18-17(10-12)30-6-4-3-5-28(18)21(26-14)11-7-13(23)19-15(8-11)27-22(25)32-19/h7-10,16H,2-6H2,1H3,(H2,24,29)(H2,25,27). The first-order chi connectivity index (χ1) is 15.4. The molecule has 1 aliphatic rings. The van der Waals surface area contributed by atoms with Crippen molar-refractivity contribution in [3.05, 3.63) is 30.1 Å². The number of oxazole rings is 1. The average molecular weight is 439 g/mol. The molecule has 2 aromatic carbocycles. The molecule has 0 bridgehead atoms. The molecule has 32 heavy (non-hydrogen) atoms. The molecule has 10 heteroatoms. The molecule has 4 aromatic rings. The number of rotatable bonds is 5. The lowest BCUT2D eigenvalue weighted by atomic mass is 10.1. The highest BCUT2D eigenvalue weighted by Gasteiger charge is 2.23. The van der Waals surface area contributed by atoms with Gasteiger partial charge in [-0.1, -0.05) is 6.92 Å². The molecule has 3 heterocycles. The zero-order chi connectivity index (χ0) is 22.4. The van der Waals surface area contributed by atoms with Crippen molar-refractivity contribution in [2.24, 2.45) is 5.73 Å². The van der Waals surface area contributed by atoms with Crippen LogP contribution in [0, 0.1) is 5.82 Å². The third-order valence-electron chi connectivity index (χ3n) is 5.50. The maximum atomic E-state index is 14.7. The Hall–Kier alpha value is -3.82. The number of fused-ring (bicyclic) bond motifs is 1. The van der Waals surface area contributed by atoms with Gasteiger partial charge < -0.3 is 29.9 Å². The van der Waals surface area contributed by atoms with Gasteiger partial charge in [0.25, 0.3) is 11.9 Å². The summed E-state index contributed by atoms with van der Waals surface area (Å²) in [7, 11) is 0. The molecule has 1 aliphatic heterocycles. The number of aromatic nitrogens is 3. The number of nitrogens with two attached hydrogens (primary N) is 2. The lowest BCUT2D eigenvalue weighted by molar-refractivity contribution is -0.124. The monoisotopic (exact) mass is 439 g/mol. The van der Waals surface area contributed by atoms with E-state index in [1.165, 1.54) is 6.07 Å². The topological polar surface area (TPSA) is 131 Å². The van der Waals surface area contributed by atoms with Gasteiger partial charge in [-0.25, -0.2) is 9.37 Å². The van der Waals surface area contributed by atoms with E-state index in [1.54, 1.807) is 18.2 Å². The highest BCUT2D eigenvalue weighted by Crippen LogP contribution is 2.37. The minimum absolute atomic E-state index is 0.00629. The molecule has 4 N–H and O–H groups in total. The van der Waals surface area contributed by atoms with E-state index in [9.17, 15) is 9.18 Å². The molecule has 0 saturated carbocycles. The minimum atomic E-state index is -0.760. The second-order valence-corrected chi connectivity index (χ2v) is 7.71. The lowest BCUT2D eigenvalue weighted by Gasteiger charge is -2.18. The van der Waals surface area contributed by atoms with Gasteiger partial charge in [0, 0.05) is 24.2 Å². The summed E-state index contributed by atoms with van der Waals surface area (Å²) in [4.78, 5) is 20.5. The van der Waals surface area contributed by atoms with Crippen molar-refractivity contribution >= 4 is 34.1 Å². The Morgan fingerprint density at radius 1 is 1.25 bits per heavy atom. The van der Waals surface area contributed by atoms with E-state index in [2.05, 4.69) is 4.98 Å². The Bertz CT molecular complexity index is 1350. The predicted octanol–water partition coefficient (Wildman–Crippen LogP) is 3.38. The Kier molecular flexibility index (Phi) is 4.84. The number of benzene rings is 2. The number of carbonyl (C=O) groups excluding carboxylic acids is 1. The third-order valence-corrected chi connectivity index (χ3v) is 5.50. The van der Waals surface area contributed by atoms with Crippen LogP contribution < -0.4 is 20.9 Å². The van der Waals surface area contributed by atoms with Crippen LogP contribution in [0.2, 0.25) is 0 Å². The van der Waals surface area contributed by atoms with Crippen molar-refractivity contribution in [3.8, 4) is 22.9 Å². The van der Waals surface area contributed by atoms with Crippen molar-refractivity contribution in [2.75, 3.05) is 12.3 Å². The van der Waals surface area contributed by atoms with E-state index in [1.807, 2.05) is 11.5 Å². The quantitative estimate of drug-likeness (QED) is 0.487. The molecule has 5 rings (SSSR count). The van der Waals surface area contributed by atoms with Crippen molar-refractivity contribution < 1.29 is 23.1 Å². The molecule has 0 saturated heterocycles. The predicted molar refractivity (Wildman–Crippen MR) is 116 cm³/mol. The molecular weight excluding hydrogens is 417 g/mol. The number of ether oxygens (including phenoxy) is 2. The second-order valence-electron chi connectivity index (χ2n) is 7.71.